The zero-order valence-corrected chi connectivity index (χ0v) is 9.24. The van der Waals surface area contributed by atoms with Crippen molar-refractivity contribution in [2.45, 2.75) is 27.0 Å². The largest absolute Gasteiger partial charge is 0.399 e. The van der Waals surface area contributed by atoms with Crippen molar-refractivity contribution >= 4 is 16.2 Å². The van der Waals surface area contributed by atoms with E-state index in [4.69, 9.17) is 4.55 Å². The summed E-state index contributed by atoms with van der Waals surface area (Å²) in [5.41, 5.74) is 0. The molecule has 0 bridgehead atoms. The molecule has 7 heteroatoms. The summed E-state index contributed by atoms with van der Waals surface area (Å²) in [4.78, 5) is 12.5. The third-order valence-corrected chi connectivity index (χ3v) is 2.13. The maximum absolute atomic E-state index is 11.0. The molecule has 0 aromatic rings. The Kier molecular flexibility index (Phi) is 5.21. The SMILES string of the molecule is CCN(CC)C(OS(=O)(=O)O)C(C)=O. The van der Waals surface area contributed by atoms with Gasteiger partial charge in [-0.2, -0.15) is 8.42 Å². The molecule has 0 rings (SSSR count). The lowest BCUT2D eigenvalue weighted by molar-refractivity contribution is -0.132. The minimum atomic E-state index is -4.60. The number of carbonyl (C=O) groups is 1. The molecule has 0 radical (unpaired) electrons. The number of Topliss-reactive ketones (excluding diaryl/α,β-unsaturated/α-hetero) is 1. The maximum atomic E-state index is 11.0. The highest BCUT2D eigenvalue weighted by atomic mass is 32.3. The van der Waals surface area contributed by atoms with Crippen molar-refractivity contribution < 1.29 is 21.9 Å². The molecule has 0 spiro atoms. The van der Waals surface area contributed by atoms with Crippen LogP contribution in [-0.2, 0) is 19.4 Å². The van der Waals surface area contributed by atoms with E-state index in [0.717, 1.165) is 0 Å². The second-order valence-electron chi connectivity index (χ2n) is 2.71. The molecule has 84 valence electrons. The third-order valence-electron chi connectivity index (χ3n) is 1.70. The topological polar surface area (TPSA) is 83.9 Å². The van der Waals surface area contributed by atoms with Crippen molar-refractivity contribution in [3.05, 3.63) is 0 Å². The summed E-state index contributed by atoms with van der Waals surface area (Å²) in [7, 11) is -4.60. The molecule has 0 aliphatic carbocycles. The van der Waals surface area contributed by atoms with Crippen LogP contribution >= 0.6 is 0 Å². The van der Waals surface area contributed by atoms with Gasteiger partial charge >= 0.3 is 10.4 Å². The van der Waals surface area contributed by atoms with E-state index >= 15 is 0 Å². The van der Waals surface area contributed by atoms with Crippen molar-refractivity contribution in [1.82, 2.24) is 4.90 Å². The van der Waals surface area contributed by atoms with Crippen molar-refractivity contribution in [3.63, 3.8) is 0 Å². The average Bonchev–Trinajstić information content (AvgIpc) is 2.02. The summed E-state index contributed by atoms with van der Waals surface area (Å²) in [6, 6.07) is 0. The number of hydrogen-bond donors (Lipinski definition) is 1. The molecular weight excluding hydrogens is 210 g/mol. The number of carbonyl (C=O) groups excluding carboxylic acids is 1. The zero-order valence-electron chi connectivity index (χ0n) is 8.43. The molecule has 1 unspecified atom stereocenters. The number of hydrogen-bond acceptors (Lipinski definition) is 5. The molecule has 14 heavy (non-hydrogen) atoms. The standard InChI is InChI=1S/C7H15NO5S/c1-4-8(5-2)7(6(3)9)13-14(10,11)12/h7H,4-5H2,1-3H3,(H,10,11,12). The van der Waals surface area contributed by atoms with E-state index in [-0.39, 0.29) is 0 Å². The molecule has 0 fully saturated rings. The highest BCUT2D eigenvalue weighted by Crippen LogP contribution is 2.05. The molecule has 1 N–H and O–H groups in total. The Morgan fingerprint density at radius 1 is 1.43 bits per heavy atom. The van der Waals surface area contributed by atoms with E-state index in [1.807, 2.05) is 0 Å². The van der Waals surface area contributed by atoms with Crippen LogP contribution in [0.4, 0.5) is 0 Å². The van der Waals surface area contributed by atoms with Crippen LogP contribution in [0.1, 0.15) is 20.8 Å². The molecule has 6 nitrogen and oxygen atoms in total. The fourth-order valence-corrected chi connectivity index (χ4v) is 1.54. The molecule has 0 saturated heterocycles. The van der Waals surface area contributed by atoms with Gasteiger partial charge in [-0.05, 0) is 20.0 Å². The predicted molar refractivity (Wildman–Crippen MR) is 50.0 cm³/mol. The highest BCUT2D eigenvalue weighted by Gasteiger charge is 2.26. The Labute approximate surface area is 83.8 Å². The van der Waals surface area contributed by atoms with Gasteiger partial charge in [0, 0.05) is 0 Å². The molecule has 0 saturated carbocycles. The highest BCUT2D eigenvalue weighted by molar-refractivity contribution is 7.80. The summed E-state index contributed by atoms with van der Waals surface area (Å²) in [5, 5.41) is 0. The summed E-state index contributed by atoms with van der Waals surface area (Å²) < 4.78 is 33.6. The first kappa shape index (κ1) is 13.5. The number of likely N-dealkylation sites (N-methyl/N-ethyl adjacent to an activating group) is 1. The number of rotatable bonds is 6. The van der Waals surface area contributed by atoms with Gasteiger partial charge in [-0.3, -0.25) is 14.2 Å². The molecule has 0 amide bonds. The van der Waals surface area contributed by atoms with E-state index < -0.39 is 22.4 Å². The van der Waals surface area contributed by atoms with Crippen LogP contribution < -0.4 is 0 Å². The predicted octanol–water partition coefficient (Wildman–Crippen LogP) is 0.0627. The van der Waals surface area contributed by atoms with Gasteiger partial charge in [0.25, 0.3) is 0 Å². The first-order valence-corrected chi connectivity index (χ1v) is 5.58. The maximum Gasteiger partial charge on any atom is 0.399 e. The van der Waals surface area contributed by atoms with Gasteiger partial charge in [0.2, 0.25) is 0 Å². The Morgan fingerprint density at radius 3 is 2.07 bits per heavy atom. The van der Waals surface area contributed by atoms with Crippen LogP contribution in [0, 0.1) is 0 Å². The smallest absolute Gasteiger partial charge is 0.295 e. The van der Waals surface area contributed by atoms with Gasteiger partial charge in [0.1, 0.15) is 0 Å². The van der Waals surface area contributed by atoms with Crippen LogP contribution in [0.5, 0.6) is 0 Å². The van der Waals surface area contributed by atoms with Crippen molar-refractivity contribution in [2.24, 2.45) is 0 Å². The fourth-order valence-electron chi connectivity index (χ4n) is 1.06. The van der Waals surface area contributed by atoms with Gasteiger partial charge < -0.3 is 0 Å². The Balaban J connectivity index is 4.68. The van der Waals surface area contributed by atoms with Gasteiger partial charge in [0.05, 0.1) is 0 Å². The van der Waals surface area contributed by atoms with Gasteiger partial charge in [-0.25, -0.2) is 4.18 Å². The normalized spacial score (nSPS) is 14.4. The summed E-state index contributed by atoms with van der Waals surface area (Å²) in [6.07, 6.45) is -1.24. The van der Waals surface area contributed by atoms with Crippen molar-refractivity contribution in [1.29, 1.82) is 0 Å². The van der Waals surface area contributed by atoms with Gasteiger partial charge in [0.15, 0.2) is 12.0 Å². The van der Waals surface area contributed by atoms with Crippen LogP contribution in [-0.4, -0.2) is 43.0 Å². The van der Waals surface area contributed by atoms with E-state index in [1.165, 1.54) is 11.8 Å². The molecule has 0 aliphatic rings. The quantitative estimate of drug-likeness (QED) is 0.508. The molecule has 0 aliphatic heterocycles. The van der Waals surface area contributed by atoms with E-state index in [9.17, 15) is 13.2 Å². The number of nitrogens with zero attached hydrogens (tertiary/aromatic N) is 1. The van der Waals surface area contributed by atoms with Crippen molar-refractivity contribution in [3.8, 4) is 0 Å². The Bertz CT molecular complexity index is 282. The van der Waals surface area contributed by atoms with Gasteiger partial charge in [-0.1, -0.05) is 13.8 Å². The minimum absolute atomic E-state index is 0.455. The van der Waals surface area contributed by atoms with E-state index in [2.05, 4.69) is 4.18 Å². The Hall–Kier alpha value is -0.500. The van der Waals surface area contributed by atoms with Crippen LogP contribution in [0.25, 0.3) is 0 Å². The lowest BCUT2D eigenvalue weighted by Gasteiger charge is -2.25. The van der Waals surface area contributed by atoms with Crippen LogP contribution in [0.2, 0.25) is 0 Å². The minimum Gasteiger partial charge on any atom is -0.295 e. The second-order valence-corrected chi connectivity index (χ2v) is 3.76. The van der Waals surface area contributed by atoms with Crippen LogP contribution in [0.3, 0.4) is 0 Å². The van der Waals surface area contributed by atoms with E-state index in [1.54, 1.807) is 13.8 Å². The molecular formula is C7H15NO5S. The second kappa shape index (κ2) is 5.40. The summed E-state index contributed by atoms with van der Waals surface area (Å²) in [6.45, 7) is 5.63. The van der Waals surface area contributed by atoms with Crippen molar-refractivity contribution in [2.75, 3.05) is 13.1 Å². The van der Waals surface area contributed by atoms with E-state index in [0.29, 0.717) is 13.1 Å². The van der Waals surface area contributed by atoms with Crippen LogP contribution in [0.15, 0.2) is 0 Å². The zero-order chi connectivity index (χ0) is 11.4. The summed E-state index contributed by atoms with van der Waals surface area (Å²) in [5.74, 6) is -0.466. The molecule has 1 atom stereocenters. The first-order valence-electron chi connectivity index (χ1n) is 4.22. The molecule has 0 aromatic carbocycles. The number of ketones is 1. The first-order chi connectivity index (χ1) is 6.31. The average molecular weight is 225 g/mol. The lowest BCUT2D eigenvalue weighted by Crippen LogP contribution is -2.43. The third kappa shape index (κ3) is 4.66. The van der Waals surface area contributed by atoms with Gasteiger partial charge in [-0.15, -0.1) is 0 Å². The molecule has 0 heterocycles. The lowest BCUT2D eigenvalue weighted by atomic mass is 10.3. The molecule has 0 aromatic heterocycles. The Morgan fingerprint density at radius 2 is 1.86 bits per heavy atom. The fraction of sp³-hybridized carbons (Fsp3) is 0.857. The summed E-state index contributed by atoms with van der Waals surface area (Å²) >= 11 is 0. The monoisotopic (exact) mass is 225 g/mol.